The van der Waals surface area contributed by atoms with Gasteiger partial charge in [-0.15, -0.1) is 0 Å². The zero-order chi connectivity index (χ0) is 32.1. The Kier molecular flexibility index (Phi) is 10.9. The first-order valence-electron chi connectivity index (χ1n) is 14.2. The lowest BCUT2D eigenvalue weighted by Gasteiger charge is -2.31. The summed E-state index contributed by atoms with van der Waals surface area (Å²) in [4.78, 5) is 25.0. The van der Waals surface area contributed by atoms with Gasteiger partial charge in [0.05, 0.1) is 39.9 Å². The number of carbonyl (C=O) groups excluding carboxylic acids is 2. The van der Waals surface area contributed by atoms with E-state index in [0.29, 0.717) is 35.8 Å². The summed E-state index contributed by atoms with van der Waals surface area (Å²) in [6, 6.07) is 27.5. The average molecular weight is 625 g/mol. The predicted octanol–water partition coefficient (Wildman–Crippen LogP) is 4.39. The van der Waals surface area contributed by atoms with E-state index in [4.69, 9.17) is 28.4 Å². The van der Waals surface area contributed by atoms with Crippen molar-refractivity contribution in [2.75, 3.05) is 27.4 Å². The van der Waals surface area contributed by atoms with E-state index in [0.717, 1.165) is 22.6 Å². The van der Waals surface area contributed by atoms with Crippen LogP contribution in [0.15, 0.2) is 107 Å². The first-order chi connectivity index (χ1) is 22.5. The van der Waals surface area contributed by atoms with Crippen molar-refractivity contribution in [3.05, 3.63) is 119 Å². The van der Waals surface area contributed by atoms with Crippen LogP contribution in [0.25, 0.3) is 0 Å². The zero-order valence-corrected chi connectivity index (χ0v) is 25.1. The number of hydrogen-bond donors (Lipinski definition) is 2. The number of nitrogens with one attached hydrogen (secondary N) is 2. The zero-order valence-electron chi connectivity index (χ0n) is 25.1. The first-order valence-corrected chi connectivity index (χ1v) is 14.2. The predicted molar refractivity (Wildman–Crippen MR) is 170 cm³/mol. The number of rotatable bonds is 12. The lowest BCUT2D eigenvalue weighted by molar-refractivity contribution is -0.271. The SMILES string of the molecule is COc1ccc(/C=N\NC(=O)c2ccc(O[C@H]3OCCO[C@H]3Oc3ccc(C(=O)N/N=C\c4ccc(OC)cc4)cc3)cc2)cc1. The monoisotopic (exact) mass is 624 g/mol. The number of carbonyl (C=O) groups is 2. The topological polar surface area (TPSA) is 138 Å². The van der Waals surface area contributed by atoms with Crippen molar-refractivity contribution < 1.29 is 38.0 Å². The second-order valence-corrected chi connectivity index (χ2v) is 9.71. The molecular weight excluding hydrogens is 592 g/mol. The fraction of sp³-hybridized carbons (Fsp3) is 0.176. The highest BCUT2D eigenvalue weighted by molar-refractivity contribution is 5.95. The highest BCUT2D eigenvalue weighted by Crippen LogP contribution is 2.22. The quantitative estimate of drug-likeness (QED) is 0.175. The van der Waals surface area contributed by atoms with Gasteiger partial charge in [-0.05, 0) is 108 Å². The van der Waals surface area contributed by atoms with E-state index in [1.807, 2.05) is 24.3 Å². The van der Waals surface area contributed by atoms with Crippen LogP contribution in [0.5, 0.6) is 23.0 Å². The van der Waals surface area contributed by atoms with Gasteiger partial charge in [0.15, 0.2) is 0 Å². The maximum Gasteiger partial charge on any atom is 0.271 e. The average Bonchev–Trinajstić information content (AvgIpc) is 3.10. The fourth-order valence-corrected chi connectivity index (χ4v) is 4.14. The summed E-state index contributed by atoms with van der Waals surface area (Å²) in [6.45, 7) is 0.626. The number of hydrazone groups is 2. The highest BCUT2D eigenvalue weighted by Gasteiger charge is 2.31. The fourth-order valence-electron chi connectivity index (χ4n) is 4.14. The summed E-state index contributed by atoms with van der Waals surface area (Å²) in [5.74, 6) is 1.60. The molecule has 236 valence electrons. The smallest absolute Gasteiger partial charge is 0.271 e. The second kappa shape index (κ2) is 15.8. The molecule has 4 aromatic carbocycles. The molecule has 1 fully saturated rings. The van der Waals surface area contributed by atoms with Crippen molar-refractivity contribution in [2.45, 2.75) is 12.6 Å². The summed E-state index contributed by atoms with van der Waals surface area (Å²) in [6.07, 6.45) is 1.32. The van der Waals surface area contributed by atoms with Crippen LogP contribution in [0.1, 0.15) is 31.8 Å². The number of amides is 2. The standard InChI is InChI=1S/C34H32N4O8/c1-41-27-11-3-23(4-12-27)21-35-37-31(39)25-7-15-29(16-8-25)45-33-34(44-20-19-43-33)46-30-17-9-26(10-18-30)32(40)38-36-22-24-5-13-28(42-2)14-6-24/h3-18,21-22,33-34H,19-20H2,1-2H3,(H,37,39)(H,38,40)/b35-21-,36-22-/t33-,34+. The summed E-state index contributed by atoms with van der Waals surface area (Å²) in [5.41, 5.74) is 7.40. The Morgan fingerprint density at radius 2 is 0.935 bits per heavy atom. The van der Waals surface area contributed by atoms with E-state index in [2.05, 4.69) is 21.1 Å². The maximum atomic E-state index is 12.5. The molecule has 5 rings (SSSR count). The highest BCUT2D eigenvalue weighted by atomic mass is 16.8. The number of methoxy groups -OCH3 is 2. The molecule has 0 saturated carbocycles. The summed E-state index contributed by atoms with van der Waals surface area (Å²) < 4.78 is 33.7. The Balaban J connectivity index is 1.11. The lowest BCUT2D eigenvalue weighted by Crippen LogP contribution is -2.45. The molecule has 12 heteroatoms. The van der Waals surface area contributed by atoms with Gasteiger partial charge >= 0.3 is 0 Å². The lowest BCUT2D eigenvalue weighted by atomic mass is 10.2. The Labute approximate surface area is 265 Å². The molecule has 12 nitrogen and oxygen atoms in total. The summed E-state index contributed by atoms with van der Waals surface area (Å²) in [7, 11) is 3.19. The van der Waals surface area contributed by atoms with Crippen molar-refractivity contribution in [3.63, 3.8) is 0 Å². The summed E-state index contributed by atoms with van der Waals surface area (Å²) >= 11 is 0. The van der Waals surface area contributed by atoms with Gasteiger partial charge in [-0.25, -0.2) is 10.9 Å². The molecule has 1 saturated heterocycles. The summed E-state index contributed by atoms with van der Waals surface area (Å²) in [5, 5.41) is 8.00. The van der Waals surface area contributed by atoms with Crippen LogP contribution in [-0.4, -0.2) is 64.3 Å². The second-order valence-electron chi connectivity index (χ2n) is 9.71. The number of benzene rings is 4. The Morgan fingerprint density at radius 3 is 1.28 bits per heavy atom. The van der Waals surface area contributed by atoms with E-state index < -0.39 is 12.6 Å². The third-order valence-electron chi connectivity index (χ3n) is 6.60. The molecule has 2 atom stereocenters. The van der Waals surface area contributed by atoms with Gasteiger partial charge in [-0.2, -0.15) is 10.2 Å². The van der Waals surface area contributed by atoms with Gasteiger partial charge in [-0.1, -0.05) is 0 Å². The molecule has 0 radical (unpaired) electrons. The van der Waals surface area contributed by atoms with Crippen molar-refractivity contribution >= 4 is 24.2 Å². The molecule has 0 unspecified atom stereocenters. The third kappa shape index (κ3) is 8.91. The van der Waals surface area contributed by atoms with E-state index in [1.54, 1.807) is 87.0 Å². The Bertz CT molecular complexity index is 1520. The van der Waals surface area contributed by atoms with Gasteiger partial charge in [0.1, 0.15) is 23.0 Å². The maximum absolute atomic E-state index is 12.5. The van der Waals surface area contributed by atoms with E-state index in [9.17, 15) is 9.59 Å². The number of nitrogens with zero attached hydrogens (tertiary/aromatic N) is 2. The van der Waals surface area contributed by atoms with Crippen LogP contribution >= 0.6 is 0 Å². The molecule has 0 aromatic heterocycles. The van der Waals surface area contributed by atoms with Crippen LogP contribution in [0.3, 0.4) is 0 Å². The van der Waals surface area contributed by atoms with Gasteiger partial charge in [-0.3, -0.25) is 9.59 Å². The van der Waals surface area contributed by atoms with Gasteiger partial charge < -0.3 is 28.4 Å². The van der Waals surface area contributed by atoms with E-state index in [-0.39, 0.29) is 11.8 Å². The van der Waals surface area contributed by atoms with Gasteiger partial charge in [0.25, 0.3) is 24.4 Å². The molecule has 0 aliphatic carbocycles. The van der Waals surface area contributed by atoms with Crippen LogP contribution in [0.2, 0.25) is 0 Å². The van der Waals surface area contributed by atoms with Gasteiger partial charge in [0.2, 0.25) is 0 Å². The van der Waals surface area contributed by atoms with Crippen LogP contribution in [0.4, 0.5) is 0 Å². The minimum atomic E-state index is -0.877. The molecule has 1 aliphatic heterocycles. The minimum Gasteiger partial charge on any atom is -0.497 e. The molecule has 0 spiro atoms. The van der Waals surface area contributed by atoms with Crippen molar-refractivity contribution in [2.24, 2.45) is 10.2 Å². The van der Waals surface area contributed by atoms with E-state index in [1.165, 1.54) is 12.4 Å². The largest absolute Gasteiger partial charge is 0.497 e. The molecule has 0 bridgehead atoms. The van der Waals surface area contributed by atoms with Crippen molar-refractivity contribution in [1.29, 1.82) is 0 Å². The Morgan fingerprint density at radius 1 is 0.587 bits per heavy atom. The molecule has 2 N–H and O–H groups in total. The molecule has 4 aromatic rings. The Hall–Kier alpha value is -5.72. The molecule has 1 aliphatic rings. The third-order valence-corrected chi connectivity index (χ3v) is 6.60. The van der Waals surface area contributed by atoms with Crippen LogP contribution < -0.4 is 29.8 Å². The van der Waals surface area contributed by atoms with Crippen LogP contribution in [0, 0.1) is 0 Å². The normalized spacial score (nSPS) is 16.1. The van der Waals surface area contributed by atoms with Crippen LogP contribution in [-0.2, 0) is 9.47 Å². The van der Waals surface area contributed by atoms with Crippen molar-refractivity contribution in [1.82, 2.24) is 10.9 Å². The molecular formula is C34H32N4O8. The molecule has 2 amide bonds. The van der Waals surface area contributed by atoms with Crippen molar-refractivity contribution in [3.8, 4) is 23.0 Å². The van der Waals surface area contributed by atoms with E-state index >= 15 is 0 Å². The molecule has 46 heavy (non-hydrogen) atoms. The number of ether oxygens (including phenoxy) is 6. The number of hydrogen-bond acceptors (Lipinski definition) is 10. The first kappa shape index (κ1) is 31.7. The molecule has 1 heterocycles. The van der Waals surface area contributed by atoms with Gasteiger partial charge in [0, 0.05) is 11.1 Å². The minimum absolute atomic E-state index is 0.313.